The molecule has 2 aromatic rings. The second kappa shape index (κ2) is 8.19. The van der Waals surface area contributed by atoms with Crippen LogP contribution in [-0.4, -0.2) is 62.0 Å². The van der Waals surface area contributed by atoms with E-state index in [1.807, 2.05) is 11.0 Å². The van der Waals surface area contributed by atoms with Crippen LogP contribution in [0.1, 0.15) is 19.3 Å². The first-order valence-electron chi connectivity index (χ1n) is 9.72. The largest absolute Gasteiger partial charge is 0.356 e. The monoisotopic (exact) mass is 423 g/mol. The molecule has 0 radical (unpaired) electrons. The van der Waals surface area contributed by atoms with Crippen molar-refractivity contribution in [2.45, 2.75) is 24.2 Å². The first kappa shape index (κ1) is 20.0. The number of sulfonamides is 1. The second-order valence-corrected chi connectivity index (χ2v) is 9.15. The summed E-state index contributed by atoms with van der Waals surface area (Å²) >= 11 is 0. The first-order chi connectivity index (χ1) is 13.9. The van der Waals surface area contributed by atoms with Gasteiger partial charge in [0.2, 0.25) is 10.0 Å². The third kappa shape index (κ3) is 4.18. The Bertz CT molecular complexity index is 974. The van der Waals surface area contributed by atoms with Gasteiger partial charge >= 0.3 is 0 Å². The third-order valence-electron chi connectivity index (χ3n) is 5.39. The van der Waals surface area contributed by atoms with Crippen molar-refractivity contribution in [3.63, 3.8) is 0 Å². The predicted octanol–water partition coefficient (Wildman–Crippen LogP) is 2.26. The Hall–Kier alpha value is -2.33. The van der Waals surface area contributed by atoms with E-state index < -0.39 is 26.6 Å². The smallest absolute Gasteiger partial charge is 0.246 e. The molecule has 0 atom stereocenters. The minimum atomic E-state index is -4.10. The Labute approximate surface area is 169 Å². The van der Waals surface area contributed by atoms with Gasteiger partial charge in [-0.1, -0.05) is 0 Å². The normalized spacial score (nSPS) is 18.8. The van der Waals surface area contributed by atoms with E-state index in [-0.39, 0.29) is 13.1 Å². The highest BCUT2D eigenvalue weighted by atomic mass is 32.2. The van der Waals surface area contributed by atoms with Crippen molar-refractivity contribution in [1.82, 2.24) is 14.3 Å². The summed E-state index contributed by atoms with van der Waals surface area (Å²) < 4.78 is 54.1. The number of rotatable bonds is 4. The number of aromatic nitrogens is 2. The molecule has 2 aliphatic rings. The number of nitrogens with zero attached hydrogens (tertiary/aromatic N) is 5. The topological polar surface area (TPSA) is 69.6 Å². The number of halogens is 2. The Morgan fingerprint density at radius 3 is 2.07 bits per heavy atom. The zero-order valence-electron chi connectivity index (χ0n) is 16.0. The Morgan fingerprint density at radius 2 is 1.41 bits per heavy atom. The molecule has 0 spiro atoms. The second-order valence-electron chi connectivity index (χ2n) is 7.25. The molecular formula is C19H23F2N5O2S. The van der Waals surface area contributed by atoms with Crippen LogP contribution in [0.4, 0.5) is 20.4 Å². The molecule has 0 bridgehead atoms. The van der Waals surface area contributed by atoms with Crippen LogP contribution in [0.25, 0.3) is 0 Å². The van der Waals surface area contributed by atoms with Gasteiger partial charge in [0, 0.05) is 45.3 Å². The van der Waals surface area contributed by atoms with E-state index in [2.05, 4.69) is 14.9 Å². The van der Waals surface area contributed by atoms with Crippen LogP contribution in [0.2, 0.25) is 0 Å². The Kier molecular flexibility index (Phi) is 5.64. The molecule has 0 N–H and O–H groups in total. The van der Waals surface area contributed by atoms with Gasteiger partial charge in [-0.15, -0.1) is 0 Å². The molecule has 1 aromatic carbocycles. The third-order valence-corrected chi connectivity index (χ3v) is 7.31. The summed E-state index contributed by atoms with van der Waals surface area (Å²) in [6.07, 6.45) is 5.06. The van der Waals surface area contributed by atoms with Crippen LogP contribution < -0.4 is 9.80 Å². The number of anilines is 2. The van der Waals surface area contributed by atoms with Crippen molar-refractivity contribution in [1.29, 1.82) is 0 Å². The standard InChI is InChI=1S/C19H23F2N5O2S/c20-15-4-5-16(21)17(12-15)29(27,28)26-10-8-25(9-11-26)19-13-18(22-14-23-19)24-6-2-1-3-7-24/h4-5,12-14H,1-3,6-11H2. The lowest BCUT2D eigenvalue weighted by Crippen LogP contribution is -2.49. The van der Waals surface area contributed by atoms with Gasteiger partial charge in [-0.05, 0) is 37.5 Å². The number of benzene rings is 1. The van der Waals surface area contributed by atoms with Crippen LogP contribution in [-0.2, 0) is 10.0 Å². The molecule has 3 heterocycles. The van der Waals surface area contributed by atoms with Crippen molar-refractivity contribution in [2.75, 3.05) is 49.1 Å². The maximum absolute atomic E-state index is 14.0. The van der Waals surface area contributed by atoms with E-state index in [4.69, 9.17) is 0 Å². The quantitative estimate of drug-likeness (QED) is 0.752. The summed E-state index contributed by atoms with van der Waals surface area (Å²) in [5.74, 6) is -0.105. The number of hydrogen-bond acceptors (Lipinski definition) is 6. The van der Waals surface area contributed by atoms with Gasteiger partial charge in [0.1, 0.15) is 34.5 Å². The van der Waals surface area contributed by atoms with Crippen LogP contribution in [0.5, 0.6) is 0 Å². The summed E-state index contributed by atoms with van der Waals surface area (Å²) in [5.41, 5.74) is 0. The van der Waals surface area contributed by atoms with Crippen molar-refractivity contribution in [3.8, 4) is 0 Å². The SMILES string of the molecule is O=S(=O)(c1cc(F)ccc1F)N1CCN(c2cc(N3CCCCC3)ncn2)CC1. The van der Waals surface area contributed by atoms with Crippen LogP contribution >= 0.6 is 0 Å². The lowest BCUT2D eigenvalue weighted by atomic mass is 10.1. The molecule has 29 heavy (non-hydrogen) atoms. The molecule has 2 saturated heterocycles. The first-order valence-corrected chi connectivity index (χ1v) is 11.2. The van der Waals surface area contributed by atoms with E-state index in [0.29, 0.717) is 13.1 Å². The highest BCUT2D eigenvalue weighted by Gasteiger charge is 2.31. The molecule has 0 unspecified atom stereocenters. The number of hydrogen-bond donors (Lipinski definition) is 0. The molecular weight excluding hydrogens is 400 g/mol. The minimum Gasteiger partial charge on any atom is -0.356 e. The van der Waals surface area contributed by atoms with Gasteiger partial charge in [-0.2, -0.15) is 4.31 Å². The molecule has 10 heteroatoms. The van der Waals surface area contributed by atoms with Gasteiger partial charge < -0.3 is 9.80 Å². The molecule has 7 nitrogen and oxygen atoms in total. The van der Waals surface area contributed by atoms with E-state index >= 15 is 0 Å². The zero-order valence-corrected chi connectivity index (χ0v) is 16.8. The van der Waals surface area contributed by atoms with Crippen LogP contribution in [0.15, 0.2) is 35.5 Å². The van der Waals surface area contributed by atoms with E-state index in [1.54, 1.807) is 0 Å². The highest BCUT2D eigenvalue weighted by molar-refractivity contribution is 7.89. The molecule has 156 valence electrons. The molecule has 0 saturated carbocycles. The molecule has 2 aliphatic heterocycles. The summed E-state index contributed by atoms with van der Waals surface area (Å²) in [5, 5.41) is 0. The maximum Gasteiger partial charge on any atom is 0.246 e. The summed E-state index contributed by atoms with van der Waals surface area (Å²) in [6.45, 7) is 3.10. The molecule has 2 fully saturated rings. The fraction of sp³-hybridized carbons (Fsp3) is 0.474. The maximum atomic E-state index is 14.0. The van der Waals surface area contributed by atoms with Crippen LogP contribution in [0, 0.1) is 11.6 Å². The van der Waals surface area contributed by atoms with E-state index in [1.165, 1.54) is 17.1 Å². The molecule has 0 aliphatic carbocycles. The molecule has 1 aromatic heterocycles. The lowest BCUT2D eigenvalue weighted by Gasteiger charge is -2.35. The number of piperazine rings is 1. The molecule has 4 rings (SSSR count). The average molecular weight is 423 g/mol. The van der Waals surface area contributed by atoms with Crippen molar-refractivity contribution in [3.05, 3.63) is 42.2 Å². The van der Waals surface area contributed by atoms with Crippen molar-refractivity contribution >= 4 is 21.7 Å². The fourth-order valence-electron chi connectivity index (χ4n) is 3.78. The minimum absolute atomic E-state index is 0.168. The van der Waals surface area contributed by atoms with E-state index in [9.17, 15) is 17.2 Å². The van der Waals surface area contributed by atoms with Gasteiger partial charge in [-0.3, -0.25) is 0 Å². The summed E-state index contributed by atoms with van der Waals surface area (Å²) in [7, 11) is -4.10. The summed E-state index contributed by atoms with van der Waals surface area (Å²) in [6, 6.07) is 4.40. The predicted molar refractivity (Wildman–Crippen MR) is 105 cm³/mol. The number of piperidine rings is 1. The fourth-order valence-corrected chi connectivity index (χ4v) is 5.28. The zero-order chi connectivity index (χ0) is 20.4. The average Bonchev–Trinajstić information content (AvgIpc) is 2.76. The Morgan fingerprint density at radius 1 is 0.793 bits per heavy atom. The van der Waals surface area contributed by atoms with Gasteiger partial charge in [0.25, 0.3) is 0 Å². The van der Waals surface area contributed by atoms with Gasteiger partial charge in [-0.25, -0.2) is 27.2 Å². The molecule has 0 amide bonds. The summed E-state index contributed by atoms with van der Waals surface area (Å²) in [4.78, 5) is 12.3. The van der Waals surface area contributed by atoms with Crippen LogP contribution in [0.3, 0.4) is 0 Å². The lowest BCUT2D eigenvalue weighted by molar-refractivity contribution is 0.381. The highest BCUT2D eigenvalue weighted by Crippen LogP contribution is 2.25. The van der Waals surface area contributed by atoms with Gasteiger partial charge in [0.15, 0.2) is 0 Å². The van der Waals surface area contributed by atoms with E-state index in [0.717, 1.165) is 55.8 Å². The Balaban J connectivity index is 1.46. The van der Waals surface area contributed by atoms with Crippen molar-refractivity contribution in [2.24, 2.45) is 0 Å². The van der Waals surface area contributed by atoms with Crippen molar-refractivity contribution < 1.29 is 17.2 Å². The van der Waals surface area contributed by atoms with Gasteiger partial charge in [0.05, 0.1) is 0 Å².